The fraction of sp³-hybridized carbons (Fsp3) is 0.381. The number of nitriles is 1. The fourth-order valence-corrected chi connectivity index (χ4v) is 6.01. The van der Waals surface area contributed by atoms with Crippen LogP contribution in [0.5, 0.6) is 5.75 Å². The van der Waals surface area contributed by atoms with E-state index in [4.69, 9.17) is 4.74 Å². The zero-order valence-electron chi connectivity index (χ0n) is 16.3. The van der Waals surface area contributed by atoms with Gasteiger partial charge >= 0.3 is 0 Å². The van der Waals surface area contributed by atoms with Crippen LogP contribution >= 0.6 is 15.9 Å². The zero-order valence-corrected chi connectivity index (χ0v) is 18.7. The van der Waals surface area contributed by atoms with Crippen LogP contribution in [-0.2, 0) is 16.4 Å². The van der Waals surface area contributed by atoms with E-state index in [1.54, 1.807) is 27.4 Å². The minimum Gasteiger partial charge on any atom is -0.495 e. The average molecular weight is 478 g/mol. The lowest BCUT2D eigenvalue weighted by molar-refractivity contribution is 0.314. The molecule has 0 saturated carbocycles. The molecular formula is C21H24BrN3O3S. The highest BCUT2D eigenvalue weighted by atomic mass is 79.9. The SMILES string of the molecule is COc1ccc(Br)cc1S(=O)(=O)N(CCCc1ccccc1)[C@@H]1CCN(C#N)C1. The molecule has 1 atom stereocenters. The smallest absolute Gasteiger partial charge is 0.247 e. The van der Waals surface area contributed by atoms with Crippen molar-refractivity contribution in [3.8, 4) is 11.9 Å². The number of hydrogen-bond acceptors (Lipinski definition) is 5. The first-order valence-corrected chi connectivity index (χ1v) is 11.7. The highest BCUT2D eigenvalue weighted by Crippen LogP contribution is 2.32. The third-order valence-corrected chi connectivity index (χ3v) is 7.58. The van der Waals surface area contributed by atoms with Gasteiger partial charge in [-0.1, -0.05) is 46.3 Å². The number of benzene rings is 2. The van der Waals surface area contributed by atoms with Gasteiger partial charge in [0, 0.05) is 30.1 Å². The zero-order chi connectivity index (χ0) is 20.9. The standard InChI is InChI=1S/C21H24BrN3O3S/c1-28-20-10-9-18(22)14-21(20)29(26,27)25(19-11-13-24(15-19)16-23)12-5-8-17-6-3-2-4-7-17/h2-4,6-7,9-10,14,19H,5,8,11-13,15H2,1H3/t19-/m1/s1. The molecule has 2 aromatic rings. The largest absolute Gasteiger partial charge is 0.495 e. The fourth-order valence-electron chi connectivity index (χ4n) is 3.63. The van der Waals surface area contributed by atoms with E-state index in [9.17, 15) is 13.7 Å². The first-order valence-electron chi connectivity index (χ1n) is 9.49. The number of hydrogen-bond donors (Lipinski definition) is 0. The third kappa shape index (κ3) is 5.10. The van der Waals surface area contributed by atoms with Crippen LogP contribution in [0.3, 0.4) is 0 Å². The number of methoxy groups -OCH3 is 1. The molecule has 2 aromatic carbocycles. The molecule has 0 aliphatic carbocycles. The minimum absolute atomic E-state index is 0.143. The number of halogens is 1. The van der Waals surface area contributed by atoms with Gasteiger partial charge in [-0.25, -0.2) is 8.42 Å². The Bertz CT molecular complexity index is 976. The Kier molecular flexibility index (Phi) is 7.17. The summed E-state index contributed by atoms with van der Waals surface area (Å²) in [6.45, 7) is 1.37. The van der Waals surface area contributed by atoms with Gasteiger partial charge in [0.15, 0.2) is 6.19 Å². The normalized spacial score (nSPS) is 16.8. The number of ether oxygens (including phenoxy) is 1. The Labute approximate surface area is 180 Å². The second-order valence-electron chi connectivity index (χ2n) is 6.99. The van der Waals surface area contributed by atoms with Gasteiger partial charge in [0.05, 0.1) is 7.11 Å². The molecule has 0 amide bonds. The van der Waals surface area contributed by atoms with Gasteiger partial charge in [-0.05, 0) is 43.0 Å². The van der Waals surface area contributed by atoms with Gasteiger partial charge in [-0.15, -0.1) is 0 Å². The molecule has 0 radical (unpaired) electrons. The van der Waals surface area contributed by atoms with Crippen molar-refractivity contribution in [3.63, 3.8) is 0 Å². The second-order valence-corrected chi connectivity index (χ2v) is 9.76. The van der Waals surface area contributed by atoms with E-state index >= 15 is 0 Å². The van der Waals surface area contributed by atoms with Crippen molar-refractivity contribution < 1.29 is 13.2 Å². The van der Waals surface area contributed by atoms with Crippen LogP contribution in [0.2, 0.25) is 0 Å². The molecule has 0 N–H and O–H groups in total. The molecule has 1 fully saturated rings. The predicted octanol–water partition coefficient (Wildman–Crippen LogP) is 3.64. The number of sulfonamides is 1. The molecule has 0 bridgehead atoms. The predicted molar refractivity (Wildman–Crippen MR) is 115 cm³/mol. The maximum atomic E-state index is 13.6. The van der Waals surface area contributed by atoms with Crippen molar-refractivity contribution in [2.45, 2.75) is 30.2 Å². The summed E-state index contributed by atoms with van der Waals surface area (Å²) in [4.78, 5) is 1.76. The van der Waals surface area contributed by atoms with E-state index in [0.29, 0.717) is 42.7 Å². The molecule has 0 aromatic heterocycles. The van der Waals surface area contributed by atoms with Crippen molar-refractivity contribution in [3.05, 3.63) is 58.6 Å². The van der Waals surface area contributed by atoms with Crippen LogP contribution < -0.4 is 4.74 Å². The van der Waals surface area contributed by atoms with Crippen molar-refractivity contribution >= 4 is 26.0 Å². The molecule has 0 unspecified atom stereocenters. The minimum atomic E-state index is -3.79. The number of likely N-dealkylation sites (tertiary alicyclic amines) is 1. The van der Waals surface area contributed by atoms with Gasteiger partial charge in [0.25, 0.3) is 0 Å². The van der Waals surface area contributed by atoms with Crippen LogP contribution in [0, 0.1) is 11.5 Å². The van der Waals surface area contributed by atoms with Crippen molar-refractivity contribution in [2.75, 3.05) is 26.7 Å². The van der Waals surface area contributed by atoms with E-state index in [1.165, 1.54) is 12.7 Å². The van der Waals surface area contributed by atoms with Crippen LogP contribution in [0.25, 0.3) is 0 Å². The highest BCUT2D eigenvalue weighted by Gasteiger charge is 2.37. The summed E-state index contributed by atoms with van der Waals surface area (Å²) in [5.41, 5.74) is 1.18. The third-order valence-electron chi connectivity index (χ3n) is 5.11. The monoisotopic (exact) mass is 477 g/mol. The molecule has 1 aliphatic rings. The molecule has 1 saturated heterocycles. The van der Waals surface area contributed by atoms with E-state index in [1.807, 2.05) is 30.3 Å². The molecule has 1 heterocycles. The number of aryl methyl sites for hydroxylation is 1. The summed E-state index contributed by atoms with van der Waals surface area (Å²) in [6, 6.07) is 14.8. The van der Waals surface area contributed by atoms with Gasteiger partial charge in [0.2, 0.25) is 10.0 Å². The van der Waals surface area contributed by atoms with Crippen LogP contribution in [-0.4, -0.2) is 50.4 Å². The molecular weight excluding hydrogens is 454 g/mol. The van der Waals surface area contributed by atoms with E-state index in [-0.39, 0.29) is 10.9 Å². The first-order chi connectivity index (χ1) is 14.0. The van der Waals surface area contributed by atoms with Gasteiger partial charge in [-0.3, -0.25) is 0 Å². The molecule has 8 heteroatoms. The van der Waals surface area contributed by atoms with Crippen LogP contribution in [0.15, 0.2) is 57.9 Å². The van der Waals surface area contributed by atoms with Crippen molar-refractivity contribution in [1.29, 1.82) is 5.26 Å². The van der Waals surface area contributed by atoms with Gasteiger partial charge in [-0.2, -0.15) is 9.57 Å². The summed E-state index contributed by atoms with van der Waals surface area (Å²) < 4.78 is 34.8. The molecule has 29 heavy (non-hydrogen) atoms. The Morgan fingerprint density at radius 1 is 1.28 bits per heavy atom. The molecule has 154 valence electrons. The Balaban J connectivity index is 1.87. The van der Waals surface area contributed by atoms with Crippen LogP contribution in [0.4, 0.5) is 0 Å². The lowest BCUT2D eigenvalue weighted by Gasteiger charge is -2.28. The second kappa shape index (κ2) is 9.61. The topological polar surface area (TPSA) is 73.6 Å². The highest BCUT2D eigenvalue weighted by molar-refractivity contribution is 9.10. The maximum absolute atomic E-state index is 13.6. The van der Waals surface area contributed by atoms with Gasteiger partial charge in [0.1, 0.15) is 10.6 Å². The molecule has 1 aliphatic heterocycles. The molecule has 3 rings (SSSR count). The Morgan fingerprint density at radius 2 is 2.03 bits per heavy atom. The Morgan fingerprint density at radius 3 is 2.69 bits per heavy atom. The number of rotatable bonds is 8. The average Bonchev–Trinajstić information content (AvgIpc) is 3.20. The van der Waals surface area contributed by atoms with Gasteiger partial charge < -0.3 is 9.64 Å². The van der Waals surface area contributed by atoms with Crippen LogP contribution in [0.1, 0.15) is 18.4 Å². The maximum Gasteiger partial charge on any atom is 0.247 e. The van der Waals surface area contributed by atoms with E-state index in [2.05, 4.69) is 22.1 Å². The quantitative estimate of drug-likeness (QED) is 0.542. The van der Waals surface area contributed by atoms with E-state index < -0.39 is 10.0 Å². The summed E-state index contributed by atoms with van der Waals surface area (Å²) in [5.74, 6) is 0.316. The Hall–Kier alpha value is -2.08. The summed E-state index contributed by atoms with van der Waals surface area (Å²) >= 11 is 3.36. The number of nitrogens with zero attached hydrogens (tertiary/aromatic N) is 3. The molecule has 0 spiro atoms. The summed E-state index contributed by atoms with van der Waals surface area (Å²) in [6.07, 6.45) is 4.25. The van der Waals surface area contributed by atoms with Crippen molar-refractivity contribution in [2.24, 2.45) is 0 Å². The summed E-state index contributed by atoms with van der Waals surface area (Å²) in [7, 11) is -2.33. The lowest BCUT2D eigenvalue weighted by Crippen LogP contribution is -2.42. The molecule has 6 nitrogen and oxygen atoms in total. The summed E-state index contributed by atoms with van der Waals surface area (Å²) in [5, 5.41) is 9.21. The lowest BCUT2D eigenvalue weighted by atomic mass is 10.1. The first kappa shape index (κ1) is 21.6. The van der Waals surface area contributed by atoms with Crippen molar-refractivity contribution in [1.82, 2.24) is 9.21 Å². The van der Waals surface area contributed by atoms with E-state index in [0.717, 1.165) is 6.42 Å².